The molecule has 13 rings (SSSR count). The summed E-state index contributed by atoms with van der Waals surface area (Å²) in [4.78, 5) is 17.0. The van der Waals surface area contributed by atoms with E-state index in [1.165, 1.54) is 48.3 Å². The molecule has 62 heavy (non-hydrogen) atoms. The molecule has 0 spiro atoms. The normalized spacial score (nSPS) is 15.5. The van der Waals surface area contributed by atoms with Crippen molar-refractivity contribution >= 4 is 66.0 Å². The van der Waals surface area contributed by atoms with Gasteiger partial charge in [0.1, 0.15) is 11.2 Å². The molecular weight excluding hydrogens is 775 g/mol. The number of thioether (sulfide) groups is 1. The minimum absolute atomic E-state index is 0.348. The topological polar surface area (TPSA) is 51.8 Å². The van der Waals surface area contributed by atoms with Crippen molar-refractivity contribution in [2.24, 2.45) is 0 Å². The Labute approximate surface area is 362 Å². The van der Waals surface area contributed by atoms with Gasteiger partial charge in [-0.15, -0.1) is 11.8 Å². The van der Waals surface area contributed by atoms with Crippen molar-refractivity contribution in [1.82, 2.24) is 15.0 Å². The second kappa shape index (κ2) is 14.0. The highest BCUT2D eigenvalue weighted by Crippen LogP contribution is 2.51. The number of fused-ring (bicyclic) bond motifs is 11. The molecule has 2 atom stereocenters. The lowest BCUT2D eigenvalue weighted by atomic mass is 9.86. The Balaban J connectivity index is 0.959. The highest BCUT2D eigenvalue weighted by Gasteiger charge is 2.33. The van der Waals surface area contributed by atoms with E-state index in [0.717, 1.165) is 55.3 Å². The van der Waals surface area contributed by atoms with Crippen molar-refractivity contribution < 1.29 is 4.42 Å². The number of rotatable bonds is 5. The molecule has 0 N–H and O–H groups in total. The van der Waals surface area contributed by atoms with E-state index < -0.39 is 0 Å². The minimum Gasteiger partial charge on any atom is -0.456 e. The maximum absolute atomic E-state index is 6.56. The Bertz CT molecular complexity index is 3700. The van der Waals surface area contributed by atoms with Crippen LogP contribution in [0.4, 0.5) is 0 Å². The summed E-state index contributed by atoms with van der Waals surface area (Å²) in [5.41, 5.74) is 10.4. The van der Waals surface area contributed by atoms with Crippen LogP contribution in [-0.4, -0.2) is 20.2 Å². The standard InChI is InChI=1S/C57H35N3OS/c1-2-12-36(13-3-1)55-58-56(40-15-8-14-39(31-40)42-18-10-22-52-54(42)45-17-6-7-21-51(45)62-52)60-57(59-55)46-19-9-20-50-53(46)48-33-38(27-30-49(48)61-50)37-24-23-35-26-28-43-41-16-5-4-11-34(41)25-29-44(43)47(35)32-37/h1-33,45,51H. The van der Waals surface area contributed by atoms with E-state index >= 15 is 0 Å². The molecule has 2 aliphatic rings. The molecule has 0 saturated carbocycles. The molecule has 290 valence electrons. The number of allylic oxidation sites excluding steroid dienone is 3. The number of nitrogens with zero attached hydrogens (tertiary/aromatic N) is 3. The zero-order chi connectivity index (χ0) is 40.7. The SMILES string of the molecule is C1=CC2Sc3cccc(-c4cccc(-c5nc(-c6ccccc6)nc(-c6cccc7oc8ccc(-c9ccc%10ccc%11c%12ccccc%12ccc%11c%10c9)cc8c67)n5)c4)c3C2C=C1. The van der Waals surface area contributed by atoms with Crippen LogP contribution in [0.3, 0.4) is 0 Å². The van der Waals surface area contributed by atoms with Gasteiger partial charge in [-0.05, 0) is 96.5 Å². The third kappa shape index (κ3) is 5.66. The lowest BCUT2D eigenvalue weighted by Gasteiger charge is -2.18. The Morgan fingerprint density at radius 2 is 1.06 bits per heavy atom. The molecule has 0 fully saturated rings. The summed E-state index contributed by atoms with van der Waals surface area (Å²) in [7, 11) is 0. The van der Waals surface area contributed by atoms with E-state index in [1.807, 2.05) is 42.1 Å². The van der Waals surface area contributed by atoms with E-state index in [1.54, 1.807) is 0 Å². The van der Waals surface area contributed by atoms with Crippen molar-refractivity contribution in [2.45, 2.75) is 16.1 Å². The summed E-state index contributed by atoms with van der Waals surface area (Å²) in [6.07, 6.45) is 9.01. The molecule has 11 aromatic rings. The van der Waals surface area contributed by atoms with Crippen LogP contribution in [-0.2, 0) is 0 Å². The average Bonchev–Trinajstić information content (AvgIpc) is 3.92. The zero-order valence-corrected chi connectivity index (χ0v) is 34.2. The fourth-order valence-corrected chi connectivity index (χ4v) is 11.1. The van der Waals surface area contributed by atoms with Crippen LogP contribution in [0.2, 0.25) is 0 Å². The van der Waals surface area contributed by atoms with Crippen LogP contribution >= 0.6 is 11.8 Å². The third-order valence-electron chi connectivity index (χ3n) is 12.7. The van der Waals surface area contributed by atoms with Crippen molar-refractivity contribution in [3.63, 3.8) is 0 Å². The Kier molecular flexibility index (Phi) is 7.94. The van der Waals surface area contributed by atoms with E-state index in [0.29, 0.717) is 28.6 Å². The molecular formula is C57H35N3OS. The van der Waals surface area contributed by atoms with Gasteiger partial charge in [0.15, 0.2) is 17.5 Å². The fourth-order valence-electron chi connectivity index (χ4n) is 9.71. The van der Waals surface area contributed by atoms with Crippen LogP contribution in [0.15, 0.2) is 210 Å². The predicted molar refractivity (Wildman–Crippen MR) is 257 cm³/mol. The van der Waals surface area contributed by atoms with Gasteiger partial charge in [0.25, 0.3) is 0 Å². The lowest BCUT2D eigenvalue weighted by molar-refractivity contribution is 0.669. The highest BCUT2D eigenvalue weighted by atomic mass is 32.2. The second-order valence-corrected chi connectivity index (χ2v) is 17.4. The number of hydrogen-bond donors (Lipinski definition) is 0. The molecule has 9 aromatic carbocycles. The Hall–Kier alpha value is -7.60. The highest BCUT2D eigenvalue weighted by molar-refractivity contribution is 8.00. The number of benzene rings is 9. The molecule has 0 amide bonds. The van der Waals surface area contributed by atoms with Crippen LogP contribution < -0.4 is 0 Å². The summed E-state index contributed by atoms with van der Waals surface area (Å²) < 4.78 is 6.56. The van der Waals surface area contributed by atoms with Crippen LogP contribution in [0.25, 0.3) is 111 Å². The quantitative estimate of drug-likeness (QED) is 0.162. The summed E-state index contributed by atoms with van der Waals surface area (Å²) in [5.74, 6) is 2.19. The maximum Gasteiger partial charge on any atom is 0.164 e. The van der Waals surface area contributed by atoms with Crippen LogP contribution in [0.1, 0.15) is 11.5 Å². The molecule has 0 saturated heterocycles. The van der Waals surface area contributed by atoms with E-state index in [4.69, 9.17) is 19.4 Å². The molecule has 4 nitrogen and oxygen atoms in total. The molecule has 1 aliphatic carbocycles. The number of hydrogen-bond acceptors (Lipinski definition) is 5. The summed E-state index contributed by atoms with van der Waals surface area (Å²) in [6.45, 7) is 0. The second-order valence-electron chi connectivity index (χ2n) is 16.2. The predicted octanol–water partition coefficient (Wildman–Crippen LogP) is 15.2. The first kappa shape index (κ1) is 35.2. The van der Waals surface area contributed by atoms with Gasteiger partial charge in [-0.3, -0.25) is 0 Å². The first-order valence-electron chi connectivity index (χ1n) is 21.1. The van der Waals surface area contributed by atoms with Crippen LogP contribution in [0.5, 0.6) is 0 Å². The van der Waals surface area contributed by atoms with Crippen molar-refractivity contribution in [1.29, 1.82) is 0 Å². The summed E-state index contributed by atoms with van der Waals surface area (Å²) >= 11 is 1.95. The zero-order valence-electron chi connectivity index (χ0n) is 33.4. The Morgan fingerprint density at radius 3 is 1.97 bits per heavy atom. The largest absolute Gasteiger partial charge is 0.456 e. The molecule has 1 aliphatic heterocycles. The molecule has 0 bridgehead atoms. The first-order chi connectivity index (χ1) is 30.7. The van der Waals surface area contributed by atoms with Gasteiger partial charge >= 0.3 is 0 Å². The maximum atomic E-state index is 6.56. The van der Waals surface area contributed by atoms with Gasteiger partial charge < -0.3 is 4.42 Å². The number of furan rings is 1. The Morgan fingerprint density at radius 1 is 0.403 bits per heavy atom. The first-order valence-corrected chi connectivity index (χ1v) is 22.0. The smallest absolute Gasteiger partial charge is 0.164 e. The molecule has 5 heteroatoms. The monoisotopic (exact) mass is 809 g/mol. The van der Waals surface area contributed by atoms with Gasteiger partial charge in [0.05, 0.1) is 0 Å². The van der Waals surface area contributed by atoms with E-state index in [-0.39, 0.29) is 0 Å². The van der Waals surface area contributed by atoms with Gasteiger partial charge in [0.2, 0.25) is 0 Å². The van der Waals surface area contributed by atoms with Crippen molar-refractivity contribution in [3.05, 3.63) is 206 Å². The van der Waals surface area contributed by atoms with E-state index in [2.05, 4.69) is 170 Å². The molecule has 2 aromatic heterocycles. The number of aromatic nitrogens is 3. The van der Waals surface area contributed by atoms with E-state index in [9.17, 15) is 0 Å². The van der Waals surface area contributed by atoms with Gasteiger partial charge in [0, 0.05) is 43.5 Å². The fraction of sp³-hybridized carbons (Fsp3) is 0.0351. The van der Waals surface area contributed by atoms with Gasteiger partial charge in [-0.2, -0.15) is 0 Å². The minimum atomic E-state index is 0.348. The van der Waals surface area contributed by atoms with Crippen LogP contribution in [0, 0.1) is 0 Å². The third-order valence-corrected chi connectivity index (χ3v) is 14.0. The molecule has 0 radical (unpaired) electrons. The summed E-state index contributed by atoms with van der Waals surface area (Å²) in [6, 6.07) is 62.6. The molecule has 3 heterocycles. The summed E-state index contributed by atoms with van der Waals surface area (Å²) in [5, 5.41) is 9.92. The lowest BCUT2D eigenvalue weighted by Crippen LogP contribution is -2.07. The van der Waals surface area contributed by atoms with Gasteiger partial charge in [-0.25, -0.2) is 15.0 Å². The molecule has 2 unspecified atom stereocenters. The van der Waals surface area contributed by atoms with Crippen molar-refractivity contribution in [3.8, 4) is 56.4 Å². The van der Waals surface area contributed by atoms with Crippen molar-refractivity contribution in [2.75, 3.05) is 0 Å². The average molecular weight is 810 g/mol. The van der Waals surface area contributed by atoms with Gasteiger partial charge in [-0.1, -0.05) is 164 Å².